The fourth-order valence-electron chi connectivity index (χ4n) is 0.652. The van der Waals surface area contributed by atoms with E-state index >= 15 is 0 Å². The summed E-state index contributed by atoms with van der Waals surface area (Å²) in [5.74, 6) is -0.904. The highest BCUT2D eigenvalue weighted by Crippen LogP contribution is 2.04. The predicted molar refractivity (Wildman–Crippen MR) is 53.6 cm³/mol. The summed E-state index contributed by atoms with van der Waals surface area (Å²) in [6.07, 6.45) is 8.34. The molecule has 0 aliphatic rings. The topological polar surface area (TPSA) is 49.3 Å². The average molecular weight is 181 g/mol. The monoisotopic (exact) mass is 181 g/mol. The Labute approximate surface area is 78.5 Å². The molecule has 0 aliphatic heterocycles. The van der Waals surface area contributed by atoms with Crippen molar-refractivity contribution in [1.82, 2.24) is 5.32 Å². The second-order valence-electron chi connectivity index (χ2n) is 2.74. The number of nitrogens with one attached hydrogen (secondary N) is 1. The molecule has 0 saturated heterocycles. The first-order chi connectivity index (χ1) is 6.06. The van der Waals surface area contributed by atoms with Crippen LogP contribution in [0.1, 0.15) is 6.92 Å². The van der Waals surface area contributed by atoms with Crippen LogP contribution in [-0.4, -0.2) is 23.7 Å². The first-order valence-corrected chi connectivity index (χ1v) is 3.96. The van der Waals surface area contributed by atoms with E-state index in [1.807, 2.05) is 0 Å². The molecule has 0 radical (unpaired) electrons. The fraction of sp³-hybridized carbons (Fsp3) is 0.300. The van der Waals surface area contributed by atoms with Crippen molar-refractivity contribution < 1.29 is 9.90 Å². The van der Waals surface area contributed by atoms with Gasteiger partial charge in [0.05, 0.1) is 0 Å². The van der Waals surface area contributed by atoms with E-state index in [1.165, 1.54) is 0 Å². The Bertz CT molecular complexity index is 243. The van der Waals surface area contributed by atoms with Gasteiger partial charge in [0.15, 0.2) is 0 Å². The first-order valence-electron chi connectivity index (χ1n) is 3.96. The minimum atomic E-state index is -1.01. The van der Waals surface area contributed by atoms with Gasteiger partial charge in [0.25, 0.3) is 0 Å². The van der Waals surface area contributed by atoms with Gasteiger partial charge < -0.3 is 10.4 Å². The summed E-state index contributed by atoms with van der Waals surface area (Å²) in [5, 5.41) is 11.5. The second kappa shape index (κ2) is 5.32. The Morgan fingerprint density at radius 3 is 2.46 bits per heavy atom. The van der Waals surface area contributed by atoms with Gasteiger partial charge in [-0.3, -0.25) is 0 Å². The molecule has 0 aromatic rings. The van der Waals surface area contributed by atoms with Gasteiger partial charge in [-0.15, -0.1) is 0 Å². The molecule has 0 aliphatic carbocycles. The highest BCUT2D eigenvalue weighted by atomic mass is 16.4. The van der Waals surface area contributed by atoms with E-state index in [1.54, 1.807) is 44.4 Å². The number of carboxylic acids is 1. The van der Waals surface area contributed by atoms with E-state index in [9.17, 15) is 4.79 Å². The normalized spacial score (nSPS) is 16.2. The number of allylic oxidation sites excluding steroid dienone is 4. The lowest BCUT2D eigenvalue weighted by molar-refractivity contribution is -0.141. The molecule has 2 N–H and O–H groups in total. The first kappa shape index (κ1) is 11.6. The van der Waals surface area contributed by atoms with E-state index in [4.69, 9.17) is 5.11 Å². The van der Waals surface area contributed by atoms with Crippen LogP contribution < -0.4 is 5.32 Å². The van der Waals surface area contributed by atoms with Gasteiger partial charge in [0, 0.05) is 0 Å². The molecule has 0 fully saturated rings. The number of rotatable bonds is 5. The molecule has 1 atom stereocenters. The van der Waals surface area contributed by atoms with Crippen LogP contribution in [0.5, 0.6) is 0 Å². The van der Waals surface area contributed by atoms with Crippen molar-refractivity contribution in [3.05, 3.63) is 37.0 Å². The summed E-state index contributed by atoms with van der Waals surface area (Å²) in [5.41, 5.74) is -1.01. The third kappa shape index (κ3) is 3.71. The molecule has 3 heteroatoms. The molecule has 0 aromatic heterocycles. The van der Waals surface area contributed by atoms with Gasteiger partial charge in [-0.05, 0) is 14.0 Å². The zero-order valence-corrected chi connectivity index (χ0v) is 7.95. The van der Waals surface area contributed by atoms with Gasteiger partial charge in [0.1, 0.15) is 5.54 Å². The Morgan fingerprint density at radius 2 is 2.08 bits per heavy atom. The highest BCUT2D eigenvalue weighted by Gasteiger charge is 2.26. The smallest absolute Gasteiger partial charge is 0.327 e. The van der Waals surface area contributed by atoms with Crippen LogP contribution in [0.25, 0.3) is 0 Å². The number of carboxylic acid groups (broad SMARTS) is 1. The minimum Gasteiger partial charge on any atom is -0.480 e. The van der Waals surface area contributed by atoms with Crippen LogP contribution >= 0.6 is 0 Å². The fourth-order valence-corrected chi connectivity index (χ4v) is 0.652. The lowest BCUT2D eigenvalue weighted by Gasteiger charge is -2.18. The molecule has 0 heterocycles. The summed E-state index contributed by atoms with van der Waals surface area (Å²) in [4.78, 5) is 10.8. The van der Waals surface area contributed by atoms with Crippen LogP contribution in [0.4, 0.5) is 0 Å². The summed E-state index contributed by atoms with van der Waals surface area (Å²) in [6.45, 7) is 5.09. The number of hydrogen-bond donors (Lipinski definition) is 2. The highest BCUT2D eigenvalue weighted by molar-refractivity contribution is 5.80. The van der Waals surface area contributed by atoms with Crippen LogP contribution in [-0.2, 0) is 4.79 Å². The third-order valence-electron chi connectivity index (χ3n) is 1.75. The van der Waals surface area contributed by atoms with Crippen molar-refractivity contribution in [2.24, 2.45) is 0 Å². The van der Waals surface area contributed by atoms with Crippen LogP contribution in [0.3, 0.4) is 0 Å². The molecule has 3 nitrogen and oxygen atoms in total. The summed E-state index contributed by atoms with van der Waals surface area (Å²) in [6, 6.07) is 0. The molecular formula is C10H15NO2. The van der Waals surface area contributed by atoms with Crippen LogP contribution in [0, 0.1) is 0 Å². The Balaban J connectivity index is 4.43. The molecule has 0 spiro atoms. The molecule has 0 bridgehead atoms. The van der Waals surface area contributed by atoms with Crippen molar-refractivity contribution in [1.29, 1.82) is 0 Å². The van der Waals surface area contributed by atoms with Crippen molar-refractivity contribution in [2.75, 3.05) is 7.05 Å². The molecule has 0 saturated carbocycles. The zero-order valence-electron chi connectivity index (χ0n) is 7.95. The Kier molecular flexibility index (Phi) is 4.77. The van der Waals surface area contributed by atoms with E-state index in [0.29, 0.717) is 0 Å². The molecule has 0 amide bonds. The molecule has 0 aromatic carbocycles. The minimum absolute atomic E-state index is 0.904. The van der Waals surface area contributed by atoms with Crippen LogP contribution in [0.2, 0.25) is 0 Å². The standard InChI is InChI=1S/C10H15NO2/c1-4-5-6-7-8-10(2,11-3)9(12)13/h4-8,11H,1H2,2-3H3,(H,12,13)/b6-5-,8-7+. The maximum Gasteiger partial charge on any atom is 0.327 e. The average Bonchev–Trinajstić information content (AvgIpc) is 2.12. The number of hydrogen-bond acceptors (Lipinski definition) is 2. The van der Waals surface area contributed by atoms with E-state index in [0.717, 1.165) is 0 Å². The molecular weight excluding hydrogens is 166 g/mol. The van der Waals surface area contributed by atoms with Gasteiger partial charge in [-0.1, -0.05) is 37.0 Å². The SMILES string of the molecule is C=C/C=C\C=C\C(C)(NC)C(=O)O. The Hall–Kier alpha value is -1.35. The third-order valence-corrected chi connectivity index (χ3v) is 1.75. The summed E-state index contributed by atoms with van der Waals surface area (Å²) in [7, 11) is 1.61. The van der Waals surface area contributed by atoms with Gasteiger partial charge in [-0.2, -0.15) is 0 Å². The van der Waals surface area contributed by atoms with Gasteiger partial charge in [0.2, 0.25) is 0 Å². The van der Waals surface area contributed by atoms with Gasteiger partial charge >= 0.3 is 5.97 Å². The molecule has 13 heavy (non-hydrogen) atoms. The lowest BCUT2D eigenvalue weighted by Crippen LogP contribution is -2.45. The largest absolute Gasteiger partial charge is 0.480 e. The van der Waals surface area contributed by atoms with Crippen molar-refractivity contribution >= 4 is 5.97 Å². The quantitative estimate of drug-likeness (QED) is 0.629. The van der Waals surface area contributed by atoms with Crippen molar-refractivity contribution in [3.63, 3.8) is 0 Å². The number of likely N-dealkylation sites (N-methyl/N-ethyl adjacent to an activating group) is 1. The second-order valence-corrected chi connectivity index (χ2v) is 2.74. The summed E-state index contributed by atoms with van der Waals surface area (Å²) < 4.78 is 0. The zero-order chi connectivity index (χ0) is 10.3. The van der Waals surface area contributed by atoms with Crippen LogP contribution in [0.15, 0.2) is 37.0 Å². The molecule has 0 rings (SSSR count). The van der Waals surface area contributed by atoms with E-state index < -0.39 is 11.5 Å². The van der Waals surface area contributed by atoms with Crippen molar-refractivity contribution in [2.45, 2.75) is 12.5 Å². The lowest BCUT2D eigenvalue weighted by atomic mass is 10.0. The number of aliphatic carboxylic acids is 1. The van der Waals surface area contributed by atoms with E-state index in [2.05, 4.69) is 11.9 Å². The maximum absolute atomic E-state index is 10.8. The van der Waals surface area contributed by atoms with Gasteiger partial charge in [-0.25, -0.2) is 4.79 Å². The van der Waals surface area contributed by atoms with Crippen molar-refractivity contribution in [3.8, 4) is 0 Å². The Morgan fingerprint density at radius 1 is 1.46 bits per heavy atom. The molecule has 1 unspecified atom stereocenters. The van der Waals surface area contributed by atoms with E-state index in [-0.39, 0.29) is 0 Å². The predicted octanol–water partition coefficient (Wildman–Crippen LogP) is 1.35. The summed E-state index contributed by atoms with van der Waals surface area (Å²) >= 11 is 0. The molecule has 72 valence electrons. The maximum atomic E-state index is 10.8. The number of carbonyl (C=O) groups is 1.